The molecule has 0 heterocycles. The zero-order valence-electron chi connectivity index (χ0n) is 11.9. The van der Waals surface area contributed by atoms with E-state index in [0.717, 1.165) is 12.8 Å². The third kappa shape index (κ3) is 7.44. The molecule has 1 radical (unpaired) electrons. The van der Waals surface area contributed by atoms with Crippen molar-refractivity contribution in [3.8, 4) is 0 Å². The third-order valence-electron chi connectivity index (χ3n) is 2.98. The van der Waals surface area contributed by atoms with Crippen molar-refractivity contribution in [2.45, 2.75) is 51.2 Å². The Hall–Kier alpha value is -1.15. The summed E-state index contributed by atoms with van der Waals surface area (Å²) in [7, 11) is -4.46. The third-order valence-corrected chi connectivity index (χ3v) is 4.16. The van der Waals surface area contributed by atoms with Gasteiger partial charge in [-0.25, -0.2) is 0 Å². The molecule has 1 unspecified atom stereocenters. The Morgan fingerprint density at radius 2 is 1.70 bits per heavy atom. The summed E-state index contributed by atoms with van der Waals surface area (Å²) >= 11 is 0. The molecule has 0 fully saturated rings. The second-order valence-electron chi connectivity index (χ2n) is 4.78. The molecule has 0 aliphatic rings. The van der Waals surface area contributed by atoms with Gasteiger partial charge in [-0.1, -0.05) is 26.7 Å². The SMILES string of the molecule is CCCC(CCC)C(=O)NCC(CC([NH])=O)S(=O)(=O)O. The Morgan fingerprint density at radius 1 is 1.20 bits per heavy atom. The second-order valence-corrected chi connectivity index (χ2v) is 6.48. The van der Waals surface area contributed by atoms with Gasteiger partial charge in [0.1, 0.15) is 5.25 Å². The highest BCUT2D eigenvalue weighted by Gasteiger charge is 2.27. The van der Waals surface area contributed by atoms with Crippen LogP contribution in [0.4, 0.5) is 0 Å². The van der Waals surface area contributed by atoms with Gasteiger partial charge in [0, 0.05) is 18.9 Å². The molecule has 0 aliphatic carbocycles. The van der Waals surface area contributed by atoms with Gasteiger partial charge in [-0.3, -0.25) is 19.9 Å². The summed E-state index contributed by atoms with van der Waals surface area (Å²) < 4.78 is 31.1. The maximum Gasteiger partial charge on any atom is 0.270 e. The number of carbonyl (C=O) groups is 2. The predicted octanol–water partition coefficient (Wildman–Crippen LogP) is 0.775. The summed E-state index contributed by atoms with van der Waals surface area (Å²) in [5, 5.41) is 0.993. The number of hydrogen-bond donors (Lipinski definition) is 2. The van der Waals surface area contributed by atoms with Crippen LogP contribution in [0.1, 0.15) is 46.0 Å². The van der Waals surface area contributed by atoms with E-state index in [-0.39, 0.29) is 18.4 Å². The first kappa shape index (κ1) is 18.9. The number of amides is 2. The van der Waals surface area contributed by atoms with E-state index in [2.05, 4.69) is 5.32 Å². The van der Waals surface area contributed by atoms with Crippen molar-refractivity contribution in [2.24, 2.45) is 5.92 Å². The maximum atomic E-state index is 11.9. The molecule has 1 atom stereocenters. The molecule has 20 heavy (non-hydrogen) atoms. The Bertz CT molecular complexity index is 416. The summed E-state index contributed by atoms with van der Waals surface area (Å²) in [6.07, 6.45) is 2.45. The molecule has 0 saturated carbocycles. The van der Waals surface area contributed by atoms with E-state index in [1.54, 1.807) is 0 Å². The van der Waals surface area contributed by atoms with Gasteiger partial charge in [0.25, 0.3) is 10.1 Å². The Balaban J connectivity index is 4.60. The largest absolute Gasteiger partial charge is 0.354 e. The lowest BCUT2D eigenvalue weighted by Gasteiger charge is -2.18. The van der Waals surface area contributed by atoms with Crippen molar-refractivity contribution in [3.63, 3.8) is 0 Å². The minimum atomic E-state index is -4.46. The zero-order valence-corrected chi connectivity index (χ0v) is 12.7. The van der Waals surface area contributed by atoms with Crippen molar-refractivity contribution in [2.75, 3.05) is 6.54 Å². The van der Waals surface area contributed by atoms with Gasteiger partial charge in [0.05, 0.1) is 0 Å². The maximum absolute atomic E-state index is 11.9. The van der Waals surface area contributed by atoms with E-state index in [9.17, 15) is 18.0 Å². The number of rotatable bonds is 10. The molecular weight excluding hydrogens is 284 g/mol. The highest BCUT2D eigenvalue weighted by atomic mass is 32.2. The molecule has 0 aliphatic heterocycles. The minimum Gasteiger partial charge on any atom is -0.354 e. The first-order chi connectivity index (χ1) is 9.22. The molecule has 117 valence electrons. The van der Waals surface area contributed by atoms with E-state index < -0.39 is 27.7 Å². The zero-order chi connectivity index (χ0) is 15.8. The molecule has 0 aromatic heterocycles. The fraction of sp³-hybridized carbons (Fsp3) is 0.833. The predicted molar refractivity (Wildman–Crippen MR) is 74.4 cm³/mol. The van der Waals surface area contributed by atoms with Crippen LogP contribution in [0, 0.1) is 5.92 Å². The van der Waals surface area contributed by atoms with Gasteiger partial charge in [0.15, 0.2) is 0 Å². The molecule has 0 aromatic rings. The summed E-state index contributed by atoms with van der Waals surface area (Å²) in [6.45, 7) is 3.55. The normalized spacial score (nSPS) is 13.2. The van der Waals surface area contributed by atoms with Crippen LogP contribution >= 0.6 is 0 Å². The average molecular weight is 307 g/mol. The minimum absolute atomic E-state index is 0.196. The van der Waals surface area contributed by atoms with Gasteiger partial charge < -0.3 is 5.32 Å². The summed E-state index contributed by atoms with van der Waals surface area (Å²) in [6, 6.07) is 0. The van der Waals surface area contributed by atoms with Gasteiger partial charge in [-0.15, -0.1) is 0 Å². The topological polar surface area (TPSA) is 124 Å². The fourth-order valence-corrected chi connectivity index (χ4v) is 2.61. The molecule has 7 nitrogen and oxygen atoms in total. The van der Waals surface area contributed by atoms with Gasteiger partial charge in [-0.05, 0) is 12.8 Å². The van der Waals surface area contributed by atoms with Crippen LogP contribution in [0.5, 0.6) is 0 Å². The Kier molecular flexibility index (Phi) is 8.40. The molecular formula is C12H23N2O5S. The number of nitrogens with one attached hydrogen (secondary N) is 2. The van der Waals surface area contributed by atoms with E-state index in [1.807, 2.05) is 13.8 Å². The van der Waals surface area contributed by atoms with Gasteiger partial charge in [-0.2, -0.15) is 8.42 Å². The van der Waals surface area contributed by atoms with Crippen molar-refractivity contribution in [3.05, 3.63) is 0 Å². The fourth-order valence-electron chi connectivity index (χ4n) is 1.95. The Morgan fingerprint density at radius 3 is 2.05 bits per heavy atom. The lowest BCUT2D eigenvalue weighted by atomic mass is 9.97. The molecule has 8 heteroatoms. The van der Waals surface area contributed by atoms with Gasteiger partial charge in [0.2, 0.25) is 11.8 Å². The van der Waals surface area contributed by atoms with E-state index in [1.165, 1.54) is 0 Å². The molecule has 2 amide bonds. The molecule has 3 N–H and O–H groups in total. The Labute approximate surface area is 120 Å². The lowest BCUT2D eigenvalue weighted by molar-refractivity contribution is -0.125. The number of hydrogen-bond acceptors (Lipinski definition) is 4. The second kappa shape index (κ2) is 8.91. The quantitative estimate of drug-likeness (QED) is 0.577. The standard InChI is InChI=1S/C12H23N2O5S/c1-3-5-9(6-4-2)12(16)14-8-10(7-11(13)15)20(17,18)19/h9-10,13H,3-8H2,1-2H3,(H,14,16)(H,17,18,19). The van der Waals surface area contributed by atoms with E-state index in [0.29, 0.717) is 12.8 Å². The molecule has 0 aromatic carbocycles. The molecule has 0 spiro atoms. The van der Waals surface area contributed by atoms with Crippen LogP contribution in [0.2, 0.25) is 0 Å². The molecule has 0 saturated heterocycles. The van der Waals surface area contributed by atoms with Crippen molar-refractivity contribution in [1.82, 2.24) is 11.1 Å². The first-order valence-corrected chi connectivity index (χ1v) is 8.21. The summed E-state index contributed by atoms with van der Waals surface area (Å²) in [5.41, 5.74) is 6.76. The van der Waals surface area contributed by atoms with Crippen LogP contribution in [-0.4, -0.2) is 36.6 Å². The average Bonchev–Trinajstić information content (AvgIpc) is 2.32. The van der Waals surface area contributed by atoms with Crippen molar-refractivity contribution < 1.29 is 22.6 Å². The molecule has 0 rings (SSSR count). The lowest BCUT2D eigenvalue weighted by Crippen LogP contribution is -2.40. The highest BCUT2D eigenvalue weighted by Crippen LogP contribution is 2.14. The highest BCUT2D eigenvalue weighted by molar-refractivity contribution is 7.86. The monoisotopic (exact) mass is 307 g/mol. The first-order valence-electron chi connectivity index (χ1n) is 6.70. The van der Waals surface area contributed by atoms with E-state index >= 15 is 0 Å². The van der Waals surface area contributed by atoms with Crippen molar-refractivity contribution in [1.29, 1.82) is 0 Å². The summed E-state index contributed by atoms with van der Waals surface area (Å²) in [5.74, 6) is -1.57. The van der Waals surface area contributed by atoms with E-state index in [4.69, 9.17) is 10.3 Å². The van der Waals surface area contributed by atoms with Crippen LogP contribution in [-0.2, 0) is 19.7 Å². The van der Waals surface area contributed by atoms with Crippen LogP contribution in [0.3, 0.4) is 0 Å². The summed E-state index contributed by atoms with van der Waals surface area (Å²) in [4.78, 5) is 22.6. The van der Waals surface area contributed by atoms with Crippen LogP contribution in [0.25, 0.3) is 0 Å². The number of carbonyl (C=O) groups excluding carboxylic acids is 2. The van der Waals surface area contributed by atoms with Crippen LogP contribution in [0.15, 0.2) is 0 Å². The van der Waals surface area contributed by atoms with Crippen LogP contribution < -0.4 is 11.1 Å². The van der Waals surface area contributed by atoms with Gasteiger partial charge >= 0.3 is 0 Å². The van der Waals surface area contributed by atoms with Crippen molar-refractivity contribution >= 4 is 21.9 Å². The smallest absolute Gasteiger partial charge is 0.270 e. The molecule has 0 bridgehead atoms.